The van der Waals surface area contributed by atoms with Crippen molar-refractivity contribution in [2.45, 2.75) is 32.6 Å². The van der Waals surface area contributed by atoms with Crippen LogP contribution in [0.2, 0.25) is 0 Å². The monoisotopic (exact) mass is 290 g/mol. The molecule has 2 aromatic heterocycles. The molecule has 112 valence electrons. The summed E-state index contributed by atoms with van der Waals surface area (Å²) < 4.78 is 10.7. The average molecular weight is 290 g/mol. The molecule has 6 heteroatoms. The van der Waals surface area contributed by atoms with Crippen LogP contribution in [0.3, 0.4) is 0 Å². The number of carboxylic acids is 1. The van der Waals surface area contributed by atoms with Crippen LogP contribution >= 0.6 is 0 Å². The number of carbonyl (C=O) groups is 1. The van der Waals surface area contributed by atoms with E-state index in [-0.39, 0.29) is 11.6 Å². The minimum Gasteiger partial charge on any atom is -0.478 e. The summed E-state index contributed by atoms with van der Waals surface area (Å²) in [5.74, 6) is -0.392. The molecule has 2 heterocycles. The molecule has 0 saturated heterocycles. The Morgan fingerprint density at radius 1 is 1.38 bits per heavy atom. The van der Waals surface area contributed by atoms with E-state index in [9.17, 15) is 4.79 Å². The third kappa shape index (κ3) is 4.30. The van der Waals surface area contributed by atoms with Gasteiger partial charge in [0.1, 0.15) is 6.26 Å². The first-order chi connectivity index (χ1) is 10.2. The Kier molecular flexibility index (Phi) is 5.31. The highest BCUT2D eigenvalue weighted by atomic mass is 16.5. The lowest BCUT2D eigenvalue weighted by molar-refractivity contribution is 0.0690. The Balaban J connectivity index is 1.98. The molecule has 2 rings (SSSR count). The fourth-order valence-electron chi connectivity index (χ4n) is 1.83. The Morgan fingerprint density at radius 3 is 2.95 bits per heavy atom. The number of hydrogen-bond donors (Lipinski definition) is 1. The molecule has 6 nitrogen and oxygen atoms in total. The normalized spacial score (nSPS) is 10.5. The molecule has 0 atom stereocenters. The van der Waals surface area contributed by atoms with Crippen molar-refractivity contribution in [2.75, 3.05) is 6.61 Å². The minimum absolute atomic E-state index is 0.121. The number of aromatic carboxylic acids is 1. The van der Waals surface area contributed by atoms with E-state index in [1.165, 1.54) is 12.8 Å². The van der Waals surface area contributed by atoms with Crippen LogP contribution in [0.25, 0.3) is 11.5 Å². The Hall–Kier alpha value is -2.37. The van der Waals surface area contributed by atoms with Gasteiger partial charge in [-0.25, -0.2) is 14.8 Å². The van der Waals surface area contributed by atoms with Crippen molar-refractivity contribution >= 4 is 5.97 Å². The number of carboxylic acid groups (broad SMARTS) is 1. The summed E-state index contributed by atoms with van der Waals surface area (Å²) in [7, 11) is 0. The van der Waals surface area contributed by atoms with Crippen molar-refractivity contribution in [3.63, 3.8) is 0 Å². The predicted molar refractivity (Wildman–Crippen MR) is 76.3 cm³/mol. The highest BCUT2D eigenvalue weighted by molar-refractivity contribution is 5.85. The number of rotatable bonds is 8. The topological polar surface area (TPSA) is 85.5 Å². The van der Waals surface area contributed by atoms with Crippen molar-refractivity contribution in [3.8, 4) is 17.3 Å². The van der Waals surface area contributed by atoms with Crippen LogP contribution in [0.5, 0.6) is 5.88 Å². The summed E-state index contributed by atoms with van der Waals surface area (Å²) in [5, 5.41) is 8.83. The molecule has 21 heavy (non-hydrogen) atoms. The van der Waals surface area contributed by atoms with Gasteiger partial charge in [-0.15, -0.1) is 0 Å². The molecule has 0 spiro atoms. The standard InChI is InChI=1S/C15H18N2O4/c1-2-3-4-5-8-20-13-9-11(6-7-16-13)14-17-12(10-21-14)15(18)19/h6-7,9-10H,2-5,8H2,1H3,(H,18,19). The molecule has 0 aromatic carbocycles. The molecule has 0 aliphatic carbocycles. The van der Waals surface area contributed by atoms with E-state index in [0.29, 0.717) is 18.1 Å². The second-order valence-corrected chi connectivity index (χ2v) is 4.63. The van der Waals surface area contributed by atoms with Crippen LogP contribution in [0.4, 0.5) is 0 Å². The van der Waals surface area contributed by atoms with Gasteiger partial charge in [0.2, 0.25) is 11.8 Å². The number of aromatic nitrogens is 2. The van der Waals surface area contributed by atoms with Crippen LogP contribution in [0.15, 0.2) is 29.0 Å². The van der Waals surface area contributed by atoms with Crippen molar-refractivity contribution in [3.05, 3.63) is 30.3 Å². The van der Waals surface area contributed by atoms with Gasteiger partial charge in [-0.05, 0) is 12.5 Å². The van der Waals surface area contributed by atoms with Gasteiger partial charge in [-0.2, -0.15) is 0 Å². The molecular formula is C15H18N2O4. The third-order valence-corrected chi connectivity index (χ3v) is 2.95. The molecule has 0 fully saturated rings. The van der Waals surface area contributed by atoms with Gasteiger partial charge in [0.25, 0.3) is 0 Å². The molecule has 0 aliphatic rings. The molecule has 0 radical (unpaired) electrons. The summed E-state index contributed by atoms with van der Waals surface area (Å²) in [6, 6.07) is 3.39. The quantitative estimate of drug-likeness (QED) is 0.750. The Morgan fingerprint density at radius 2 is 2.24 bits per heavy atom. The maximum Gasteiger partial charge on any atom is 0.357 e. The Bertz CT molecular complexity index is 595. The Labute approximate surface area is 122 Å². The molecule has 0 unspecified atom stereocenters. The zero-order chi connectivity index (χ0) is 15.1. The maximum absolute atomic E-state index is 10.8. The SMILES string of the molecule is CCCCCCOc1cc(-c2nc(C(=O)O)co2)ccn1. The highest BCUT2D eigenvalue weighted by Gasteiger charge is 2.12. The molecule has 0 bridgehead atoms. The van der Waals surface area contributed by atoms with Crippen molar-refractivity contribution in [1.82, 2.24) is 9.97 Å². The van der Waals surface area contributed by atoms with Gasteiger partial charge in [-0.3, -0.25) is 0 Å². The van der Waals surface area contributed by atoms with Gasteiger partial charge in [-0.1, -0.05) is 26.2 Å². The largest absolute Gasteiger partial charge is 0.478 e. The van der Waals surface area contributed by atoms with E-state index in [2.05, 4.69) is 16.9 Å². The highest BCUT2D eigenvalue weighted by Crippen LogP contribution is 2.21. The van der Waals surface area contributed by atoms with Crippen LogP contribution in [0, 0.1) is 0 Å². The van der Waals surface area contributed by atoms with Crippen LogP contribution < -0.4 is 4.74 Å². The van der Waals surface area contributed by atoms with Gasteiger partial charge in [0.15, 0.2) is 5.69 Å². The zero-order valence-electron chi connectivity index (χ0n) is 11.9. The number of nitrogens with zero attached hydrogens (tertiary/aromatic N) is 2. The van der Waals surface area contributed by atoms with E-state index in [1.807, 2.05) is 0 Å². The van der Waals surface area contributed by atoms with Gasteiger partial charge < -0.3 is 14.3 Å². The molecule has 0 saturated carbocycles. The van der Waals surface area contributed by atoms with Gasteiger partial charge in [0.05, 0.1) is 6.61 Å². The van der Waals surface area contributed by atoms with Crippen molar-refractivity contribution < 1.29 is 19.1 Å². The fraction of sp³-hybridized carbons (Fsp3) is 0.400. The van der Waals surface area contributed by atoms with Gasteiger partial charge in [0, 0.05) is 17.8 Å². The molecule has 1 N–H and O–H groups in total. The second-order valence-electron chi connectivity index (χ2n) is 4.63. The minimum atomic E-state index is -1.12. The predicted octanol–water partition coefficient (Wildman–Crippen LogP) is 3.39. The van der Waals surface area contributed by atoms with E-state index in [4.69, 9.17) is 14.3 Å². The lowest BCUT2D eigenvalue weighted by atomic mass is 10.2. The smallest absolute Gasteiger partial charge is 0.357 e. The first-order valence-electron chi connectivity index (χ1n) is 6.98. The maximum atomic E-state index is 10.8. The number of ether oxygens (including phenoxy) is 1. The van der Waals surface area contributed by atoms with Crippen LogP contribution in [0.1, 0.15) is 43.1 Å². The zero-order valence-corrected chi connectivity index (χ0v) is 11.9. The van der Waals surface area contributed by atoms with Crippen LogP contribution in [-0.2, 0) is 0 Å². The molecule has 0 aliphatic heterocycles. The second kappa shape index (κ2) is 7.42. The molecular weight excluding hydrogens is 272 g/mol. The number of oxazole rings is 1. The fourth-order valence-corrected chi connectivity index (χ4v) is 1.83. The van der Waals surface area contributed by atoms with E-state index in [1.54, 1.807) is 18.3 Å². The number of hydrogen-bond acceptors (Lipinski definition) is 5. The molecule has 2 aromatic rings. The summed E-state index contributed by atoms with van der Waals surface area (Å²) in [6.45, 7) is 2.77. The number of pyridine rings is 1. The summed E-state index contributed by atoms with van der Waals surface area (Å²) in [6.07, 6.45) is 7.21. The van der Waals surface area contributed by atoms with Crippen molar-refractivity contribution in [1.29, 1.82) is 0 Å². The molecule has 0 amide bonds. The summed E-state index contributed by atoms with van der Waals surface area (Å²) in [4.78, 5) is 18.8. The lowest BCUT2D eigenvalue weighted by Gasteiger charge is -2.05. The van der Waals surface area contributed by atoms with Gasteiger partial charge >= 0.3 is 5.97 Å². The van der Waals surface area contributed by atoms with E-state index in [0.717, 1.165) is 19.1 Å². The van der Waals surface area contributed by atoms with E-state index >= 15 is 0 Å². The number of unbranched alkanes of at least 4 members (excludes halogenated alkanes) is 3. The third-order valence-electron chi connectivity index (χ3n) is 2.95. The lowest BCUT2D eigenvalue weighted by Crippen LogP contribution is -1.99. The summed E-state index contributed by atoms with van der Waals surface area (Å²) in [5.41, 5.74) is 0.518. The van der Waals surface area contributed by atoms with Crippen molar-refractivity contribution in [2.24, 2.45) is 0 Å². The van der Waals surface area contributed by atoms with Crippen LogP contribution in [-0.4, -0.2) is 27.7 Å². The summed E-state index contributed by atoms with van der Waals surface area (Å²) >= 11 is 0. The first-order valence-corrected chi connectivity index (χ1v) is 6.98. The average Bonchev–Trinajstić information content (AvgIpc) is 2.97. The van der Waals surface area contributed by atoms with E-state index < -0.39 is 5.97 Å². The first kappa shape index (κ1) is 15.0.